The SMILES string of the molecule is CNc1nc(NC2C(C)(C)C2(C)C)nc(N(C)C)n1. The number of nitrogens with zero attached hydrogens (tertiary/aromatic N) is 4. The molecule has 2 N–H and O–H groups in total. The van der Waals surface area contributed by atoms with E-state index in [1.807, 2.05) is 26.0 Å². The third kappa shape index (κ3) is 2.19. The van der Waals surface area contributed by atoms with Crippen molar-refractivity contribution in [1.29, 1.82) is 0 Å². The molecule has 1 aromatic rings. The van der Waals surface area contributed by atoms with Gasteiger partial charge in [0, 0.05) is 27.2 Å². The minimum atomic E-state index is 0.248. The molecular weight excluding hydrogens is 240 g/mol. The lowest BCUT2D eigenvalue weighted by atomic mass is 10.0. The first-order chi connectivity index (χ1) is 8.70. The van der Waals surface area contributed by atoms with Gasteiger partial charge in [-0.25, -0.2) is 0 Å². The van der Waals surface area contributed by atoms with Crippen molar-refractivity contribution in [2.45, 2.75) is 33.7 Å². The molecule has 1 fully saturated rings. The molecule has 0 amide bonds. The molecule has 1 heterocycles. The molecule has 106 valence electrons. The van der Waals surface area contributed by atoms with Gasteiger partial charge in [-0.1, -0.05) is 27.7 Å². The highest BCUT2D eigenvalue weighted by molar-refractivity contribution is 5.45. The molecule has 0 saturated heterocycles. The fourth-order valence-corrected chi connectivity index (χ4v) is 2.43. The van der Waals surface area contributed by atoms with Crippen LogP contribution in [0.2, 0.25) is 0 Å². The van der Waals surface area contributed by atoms with Crippen LogP contribution in [-0.4, -0.2) is 42.1 Å². The van der Waals surface area contributed by atoms with E-state index in [-0.39, 0.29) is 10.8 Å². The molecule has 0 unspecified atom stereocenters. The highest BCUT2D eigenvalue weighted by atomic mass is 15.3. The smallest absolute Gasteiger partial charge is 0.231 e. The summed E-state index contributed by atoms with van der Waals surface area (Å²) >= 11 is 0. The summed E-state index contributed by atoms with van der Waals surface area (Å²) in [5.41, 5.74) is 0.495. The molecule has 19 heavy (non-hydrogen) atoms. The van der Waals surface area contributed by atoms with Crippen molar-refractivity contribution in [3.8, 4) is 0 Å². The molecule has 6 nitrogen and oxygen atoms in total. The van der Waals surface area contributed by atoms with Crippen LogP contribution in [-0.2, 0) is 0 Å². The lowest BCUT2D eigenvalue weighted by Gasteiger charge is -2.14. The van der Waals surface area contributed by atoms with Crippen LogP contribution < -0.4 is 15.5 Å². The monoisotopic (exact) mass is 264 g/mol. The van der Waals surface area contributed by atoms with Gasteiger partial charge in [0.15, 0.2) is 0 Å². The number of aromatic nitrogens is 3. The zero-order valence-corrected chi connectivity index (χ0v) is 12.9. The van der Waals surface area contributed by atoms with E-state index in [0.717, 1.165) is 0 Å². The molecule has 0 atom stereocenters. The van der Waals surface area contributed by atoms with Crippen LogP contribution in [0.5, 0.6) is 0 Å². The quantitative estimate of drug-likeness (QED) is 0.865. The lowest BCUT2D eigenvalue weighted by Crippen LogP contribution is -2.18. The maximum Gasteiger partial charge on any atom is 0.231 e. The van der Waals surface area contributed by atoms with Crippen molar-refractivity contribution in [2.24, 2.45) is 10.8 Å². The first-order valence-electron chi connectivity index (χ1n) is 6.58. The van der Waals surface area contributed by atoms with Gasteiger partial charge in [0.2, 0.25) is 17.8 Å². The van der Waals surface area contributed by atoms with E-state index in [9.17, 15) is 0 Å². The lowest BCUT2D eigenvalue weighted by molar-refractivity contribution is 0.457. The van der Waals surface area contributed by atoms with Crippen LogP contribution in [0.3, 0.4) is 0 Å². The van der Waals surface area contributed by atoms with E-state index in [1.54, 1.807) is 0 Å². The molecule has 1 aliphatic carbocycles. The van der Waals surface area contributed by atoms with Crippen molar-refractivity contribution in [1.82, 2.24) is 15.0 Å². The van der Waals surface area contributed by atoms with Crippen molar-refractivity contribution >= 4 is 17.8 Å². The summed E-state index contributed by atoms with van der Waals surface area (Å²) < 4.78 is 0. The van der Waals surface area contributed by atoms with Crippen molar-refractivity contribution < 1.29 is 0 Å². The topological polar surface area (TPSA) is 66.0 Å². The predicted octanol–water partition coefficient (Wildman–Crippen LogP) is 1.83. The molecule has 1 saturated carbocycles. The van der Waals surface area contributed by atoms with Crippen LogP contribution in [0.1, 0.15) is 27.7 Å². The molecule has 6 heteroatoms. The van der Waals surface area contributed by atoms with Gasteiger partial charge in [-0.05, 0) is 10.8 Å². The van der Waals surface area contributed by atoms with Crippen LogP contribution >= 0.6 is 0 Å². The average molecular weight is 264 g/mol. The standard InChI is InChI=1S/C13H24N6/c1-12(2)8(13(12,3)4)15-10-16-9(14-5)17-11(18-10)19(6)7/h8H,1-7H3,(H2,14,15,16,17,18). The van der Waals surface area contributed by atoms with Crippen LogP contribution in [0.15, 0.2) is 0 Å². The minimum Gasteiger partial charge on any atom is -0.357 e. The van der Waals surface area contributed by atoms with E-state index < -0.39 is 0 Å². The maximum atomic E-state index is 4.44. The fourth-order valence-electron chi connectivity index (χ4n) is 2.43. The Bertz CT molecular complexity index is 466. The fraction of sp³-hybridized carbons (Fsp3) is 0.769. The van der Waals surface area contributed by atoms with E-state index in [4.69, 9.17) is 0 Å². The van der Waals surface area contributed by atoms with Gasteiger partial charge in [0.1, 0.15) is 0 Å². The molecular formula is C13H24N6. The second-order valence-corrected chi connectivity index (χ2v) is 6.45. The summed E-state index contributed by atoms with van der Waals surface area (Å²) in [5, 5.41) is 6.41. The number of rotatable bonds is 4. The van der Waals surface area contributed by atoms with E-state index in [2.05, 4.69) is 53.3 Å². The predicted molar refractivity (Wildman–Crippen MR) is 78.7 cm³/mol. The third-order valence-corrected chi connectivity index (χ3v) is 4.54. The maximum absolute atomic E-state index is 4.44. The van der Waals surface area contributed by atoms with E-state index >= 15 is 0 Å². The van der Waals surface area contributed by atoms with Crippen molar-refractivity contribution in [3.05, 3.63) is 0 Å². The molecule has 0 aliphatic heterocycles. The zero-order valence-electron chi connectivity index (χ0n) is 12.9. The normalized spacial score (nSPS) is 19.9. The molecule has 0 radical (unpaired) electrons. The van der Waals surface area contributed by atoms with Gasteiger partial charge in [0.05, 0.1) is 0 Å². The summed E-state index contributed by atoms with van der Waals surface area (Å²) in [6.45, 7) is 9.05. The highest BCUT2D eigenvalue weighted by Gasteiger charge is 2.65. The van der Waals surface area contributed by atoms with Crippen molar-refractivity contribution in [3.63, 3.8) is 0 Å². The van der Waals surface area contributed by atoms with E-state index in [0.29, 0.717) is 23.9 Å². The Morgan fingerprint density at radius 3 is 1.89 bits per heavy atom. The summed E-state index contributed by atoms with van der Waals surface area (Å²) in [6.07, 6.45) is 0. The second kappa shape index (κ2) is 4.21. The van der Waals surface area contributed by atoms with Gasteiger partial charge in [0.25, 0.3) is 0 Å². The minimum absolute atomic E-state index is 0.248. The van der Waals surface area contributed by atoms with Crippen molar-refractivity contribution in [2.75, 3.05) is 36.7 Å². The first-order valence-corrected chi connectivity index (χ1v) is 6.58. The second-order valence-electron chi connectivity index (χ2n) is 6.45. The van der Waals surface area contributed by atoms with Gasteiger partial charge in [-0.2, -0.15) is 15.0 Å². The number of hydrogen-bond donors (Lipinski definition) is 2. The van der Waals surface area contributed by atoms with Crippen LogP contribution in [0.25, 0.3) is 0 Å². The summed E-state index contributed by atoms with van der Waals surface area (Å²) in [6, 6.07) is 0.377. The number of nitrogens with one attached hydrogen (secondary N) is 2. The first kappa shape index (κ1) is 13.8. The molecule has 1 aromatic heterocycles. The molecule has 0 bridgehead atoms. The van der Waals surface area contributed by atoms with Crippen LogP contribution in [0, 0.1) is 10.8 Å². The summed E-state index contributed by atoms with van der Waals surface area (Å²) in [5.74, 6) is 1.86. The number of anilines is 3. The Morgan fingerprint density at radius 2 is 1.47 bits per heavy atom. The number of hydrogen-bond acceptors (Lipinski definition) is 6. The van der Waals surface area contributed by atoms with Gasteiger partial charge in [-0.15, -0.1) is 0 Å². The highest BCUT2D eigenvalue weighted by Crippen LogP contribution is 2.63. The summed E-state index contributed by atoms with van der Waals surface area (Å²) in [4.78, 5) is 15.0. The van der Waals surface area contributed by atoms with Crippen LogP contribution in [0.4, 0.5) is 17.8 Å². The van der Waals surface area contributed by atoms with E-state index in [1.165, 1.54) is 0 Å². The Balaban J connectivity index is 2.24. The molecule has 2 rings (SSSR count). The average Bonchev–Trinajstić information content (AvgIpc) is 2.71. The molecule has 1 aliphatic rings. The Morgan fingerprint density at radius 1 is 0.947 bits per heavy atom. The zero-order chi connectivity index (χ0) is 14.4. The van der Waals surface area contributed by atoms with Gasteiger partial charge < -0.3 is 15.5 Å². The largest absolute Gasteiger partial charge is 0.357 e. The Labute approximate surface area is 115 Å². The molecule has 0 spiro atoms. The third-order valence-electron chi connectivity index (χ3n) is 4.54. The van der Waals surface area contributed by atoms with Gasteiger partial charge in [-0.3, -0.25) is 0 Å². The Hall–Kier alpha value is -1.59. The Kier molecular flexibility index (Phi) is 3.07. The van der Waals surface area contributed by atoms with Gasteiger partial charge >= 0.3 is 0 Å². The molecule has 0 aromatic carbocycles. The summed E-state index contributed by atoms with van der Waals surface area (Å²) in [7, 11) is 5.65.